The van der Waals surface area contributed by atoms with Gasteiger partial charge in [0.2, 0.25) is 0 Å². The lowest BCUT2D eigenvalue weighted by Crippen LogP contribution is -2.00. The number of nitrogens with zero attached hydrogens (tertiary/aromatic N) is 3. The predicted octanol–water partition coefficient (Wildman–Crippen LogP) is 7.26. The molecular weight excluding hydrogens is 455 g/mol. The molecule has 7 heteroatoms. The van der Waals surface area contributed by atoms with Crippen molar-refractivity contribution in [1.82, 2.24) is 15.0 Å². The fourth-order valence-corrected chi connectivity index (χ4v) is 4.59. The second kappa shape index (κ2) is 12.8. The van der Waals surface area contributed by atoms with Gasteiger partial charge in [0, 0.05) is 18.5 Å². The molecule has 3 aromatic rings. The molecule has 0 bridgehead atoms. The first-order valence-electron chi connectivity index (χ1n) is 11.7. The van der Waals surface area contributed by atoms with Gasteiger partial charge in [0.15, 0.2) is 11.6 Å². The highest BCUT2D eigenvalue weighted by Gasteiger charge is 2.10. The number of benzene rings is 2. The van der Waals surface area contributed by atoms with Crippen molar-refractivity contribution in [1.29, 1.82) is 0 Å². The highest BCUT2D eigenvalue weighted by atomic mass is 32.2. The summed E-state index contributed by atoms with van der Waals surface area (Å²) in [6.07, 6.45) is 7.40. The van der Waals surface area contributed by atoms with Gasteiger partial charge >= 0.3 is 0 Å². The Hall–Kier alpha value is -2.54. The molecule has 0 radical (unpaired) electrons. The van der Waals surface area contributed by atoms with E-state index >= 15 is 0 Å². The quantitative estimate of drug-likeness (QED) is 0.199. The fraction of sp³-hybridized carbons (Fsp3) is 0.407. The summed E-state index contributed by atoms with van der Waals surface area (Å²) >= 11 is 1.97. The number of thioether (sulfide) groups is 1. The SMILES string of the molecule is CCC(C)CSC/C=C(\C)CCn1cc(CCc2ccc(-c3ccc(F)c(F)c3)cc2F)nn1. The Morgan fingerprint density at radius 1 is 1.03 bits per heavy atom. The van der Waals surface area contributed by atoms with Crippen molar-refractivity contribution < 1.29 is 13.2 Å². The molecule has 3 rings (SSSR count). The maximum absolute atomic E-state index is 14.6. The van der Waals surface area contributed by atoms with E-state index in [2.05, 4.69) is 37.2 Å². The van der Waals surface area contributed by atoms with Gasteiger partial charge in [0.05, 0.1) is 5.69 Å². The summed E-state index contributed by atoms with van der Waals surface area (Å²) in [7, 11) is 0. The largest absolute Gasteiger partial charge is 0.252 e. The molecule has 3 nitrogen and oxygen atoms in total. The Morgan fingerprint density at radius 3 is 2.47 bits per heavy atom. The molecule has 0 saturated heterocycles. The summed E-state index contributed by atoms with van der Waals surface area (Å²) in [6.45, 7) is 7.42. The zero-order valence-corrected chi connectivity index (χ0v) is 20.8. The van der Waals surface area contributed by atoms with E-state index in [4.69, 9.17) is 0 Å². The normalized spacial score (nSPS) is 12.8. The Bertz CT molecular complexity index is 1110. The van der Waals surface area contributed by atoms with Crippen molar-refractivity contribution in [2.45, 2.75) is 53.0 Å². The molecule has 1 aromatic heterocycles. The molecule has 1 atom stereocenters. The highest BCUT2D eigenvalue weighted by molar-refractivity contribution is 7.99. The van der Waals surface area contributed by atoms with Crippen LogP contribution in [0.4, 0.5) is 13.2 Å². The summed E-state index contributed by atoms with van der Waals surface area (Å²) < 4.78 is 43.1. The minimum atomic E-state index is -0.948. The summed E-state index contributed by atoms with van der Waals surface area (Å²) in [5.41, 5.74) is 3.65. The van der Waals surface area contributed by atoms with Crippen LogP contribution in [0.2, 0.25) is 0 Å². The van der Waals surface area contributed by atoms with Gasteiger partial charge in [0.25, 0.3) is 0 Å². The Kier molecular flexibility index (Phi) is 9.81. The average Bonchev–Trinajstić information content (AvgIpc) is 3.29. The van der Waals surface area contributed by atoms with Crippen molar-refractivity contribution >= 4 is 11.8 Å². The third-order valence-corrected chi connectivity index (χ3v) is 7.13. The standard InChI is InChI=1S/C27H32F3N3S/c1-4-19(2)18-34-14-12-20(3)11-13-33-17-24(31-32-33)9-7-21-5-6-22(15-26(21)29)23-8-10-25(28)27(30)16-23/h5-6,8,10,12,15-17,19H,4,7,9,11,13-14,18H2,1-3H3/b20-12+. The van der Waals surface area contributed by atoms with Gasteiger partial charge in [-0.1, -0.05) is 55.3 Å². The Labute approximate surface area is 204 Å². The number of hydrogen-bond acceptors (Lipinski definition) is 3. The molecule has 0 N–H and O–H groups in total. The predicted molar refractivity (Wildman–Crippen MR) is 134 cm³/mol. The van der Waals surface area contributed by atoms with Crippen LogP contribution < -0.4 is 0 Å². The molecule has 0 saturated carbocycles. The molecule has 0 aliphatic heterocycles. The number of halogens is 3. The topological polar surface area (TPSA) is 30.7 Å². The van der Waals surface area contributed by atoms with Gasteiger partial charge < -0.3 is 0 Å². The number of aromatic nitrogens is 3. The van der Waals surface area contributed by atoms with Crippen LogP contribution in [0.5, 0.6) is 0 Å². The van der Waals surface area contributed by atoms with Crippen molar-refractivity contribution in [2.24, 2.45) is 5.92 Å². The highest BCUT2D eigenvalue weighted by Crippen LogP contribution is 2.24. The second-order valence-corrected chi connectivity index (χ2v) is 9.83. The van der Waals surface area contributed by atoms with Crippen molar-refractivity contribution in [3.8, 4) is 11.1 Å². The summed E-state index contributed by atoms with van der Waals surface area (Å²) in [6, 6.07) is 8.32. The first kappa shape index (κ1) is 26.1. The second-order valence-electron chi connectivity index (χ2n) is 8.76. The molecule has 0 aliphatic carbocycles. The van der Waals surface area contributed by atoms with E-state index in [1.165, 1.54) is 29.9 Å². The lowest BCUT2D eigenvalue weighted by Gasteiger charge is -2.07. The number of aryl methyl sites for hydroxylation is 3. The van der Waals surface area contributed by atoms with Gasteiger partial charge in [0.1, 0.15) is 5.82 Å². The van der Waals surface area contributed by atoms with E-state index < -0.39 is 11.6 Å². The lowest BCUT2D eigenvalue weighted by atomic mass is 10.0. The van der Waals surface area contributed by atoms with Gasteiger partial charge in [-0.3, -0.25) is 4.68 Å². The van der Waals surface area contributed by atoms with Crippen LogP contribution in [0.25, 0.3) is 11.1 Å². The van der Waals surface area contributed by atoms with Gasteiger partial charge in [-0.05, 0) is 72.7 Å². The summed E-state index contributed by atoms with van der Waals surface area (Å²) in [5.74, 6) is 0.757. The van der Waals surface area contributed by atoms with E-state index in [1.54, 1.807) is 12.1 Å². The van der Waals surface area contributed by atoms with Gasteiger partial charge in [-0.2, -0.15) is 11.8 Å². The molecule has 0 spiro atoms. The average molecular weight is 488 g/mol. The fourth-order valence-electron chi connectivity index (χ4n) is 3.41. The molecular formula is C27H32F3N3S. The molecule has 34 heavy (non-hydrogen) atoms. The molecule has 0 amide bonds. The number of hydrogen-bond donors (Lipinski definition) is 0. The molecule has 0 aliphatic rings. The minimum absolute atomic E-state index is 0.374. The Morgan fingerprint density at radius 2 is 1.76 bits per heavy atom. The number of allylic oxidation sites excluding steroid dienone is 1. The van der Waals surface area contributed by atoms with Gasteiger partial charge in [-0.25, -0.2) is 13.2 Å². The zero-order chi connectivity index (χ0) is 24.5. The van der Waals surface area contributed by atoms with Crippen LogP contribution in [-0.4, -0.2) is 26.5 Å². The van der Waals surface area contributed by atoms with Crippen molar-refractivity contribution in [3.63, 3.8) is 0 Å². The van der Waals surface area contributed by atoms with Crippen molar-refractivity contribution in [2.75, 3.05) is 11.5 Å². The van der Waals surface area contributed by atoms with E-state index in [1.807, 2.05) is 22.6 Å². The van der Waals surface area contributed by atoms with E-state index in [0.29, 0.717) is 29.5 Å². The molecule has 0 fully saturated rings. The van der Waals surface area contributed by atoms with Crippen LogP contribution >= 0.6 is 11.8 Å². The summed E-state index contributed by atoms with van der Waals surface area (Å²) in [5, 5.41) is 8.41. The molecule has 1 heterocycles. The van der Waals surface area contributed by atoms with Crippen LogP contribution in [-0.2, 0) is 19.4 Å². The first-order chi connectivity index (χ1) is 16.4. The molecule has 1 unspecified atom stereocenters. The van der Waals surface area contributed by atoms with Gasteiger partial charge in [-0.15, -0.1) is 5.10 Å². The lowest BCUT2D eigenvalue weighted by molar-refractivity contribution is 0.509. The van der Waals surface area contributed by atoms with Crippen LogP contribution in [0.15, 0.2) is 54.2 Å². The maximum Gasteiger partial charge on any atom is 0.159 e. The van der Waals surface area contributed by atoms with E-state index in [0.717, 1.165) is 42.5 Å². The van der Waals surface area contributed by atoms with Crippen LogP contribution in [0, 0.1) is 23.4 Å². The third-order valence-electron chi connectivity index (χ3n) is 5.93. The van der Waals surface area contributed by atoms with Crippen molar-refractivity contribution in [3.05, 3.63) is 83.0 Å². The third kappa shape index (κ3) is 7.76. The van der Waals surface area contributed by atoms with Crippen LogP contribution in [0.1, 0.15) is 44.9 Å². The molecule has 2 aromatic carbocycles. The summed E-state index contributed by atoms with van der Waals surface area (Å²) in [4.78, 5) is 0. The zero-order valence-electron chi connectivity index (χ0n) is 20.0. The number of rotatable bonds is 12. The molecule has 182 valence electrons. The maximum atomic E-state index is 14.6. The van der Waals surface area contributed by atoms with Crippen LogP contribution in [0.3, 0.4) is 0 Å². The monoisotopic (exact) mass is 487 g/mol. The smallest absolute Gasteiger partial charge is 0.159 e. The minimum Gasteiger partial charge on any atom is -0.252 e. The van der Waals surface area contributed by atoms with E-state index in [9.17, 15) is 13.2 Å². The van der Waals surface area contributed by atoms with E-state index in [-0.39, 0.29) is 5.82 Å². The Balaban J connectivity index is 1.48. The first-order valence-corrected chi connectivity index (χ1v) is 12.9.